The first kappa shape index (κ1) is 39.1. The van der Waals surface area contributed by atoms with Crippen molar-refractivity contribution in [2.75, 3.05) is 33.9 Å². The minimum atomic E-state index is -0.734. The van der Waals surface area contributed by atoms with Crippen LogP contribution < -0.4 is 10.6 Å². The third-order valence-electron chi connectivity index (χ3n) is 8.96. The summed E-state index contributed by atoms with van der Waals surface area (Å²) in [5, 5.41) is 6.03. The van der Waals surface area contributed by atoms with E-state index >= 15 is 0 Å². The van der Waals surface area contributed by atoms with Gasteiger partial charge in [0.05, 0.1) is 57.4 Å². The molecule has 2 aromatic carbocycles. The van der Waals surface area contributed by atoms with Gasteiger partial charge >= 0.3 is 12.2 Å². The summed E-state index contributed by atoms with van der Waals surface area (Å²) >= 11 is 0. The summed E-state index contributed by atoms with van der Waals surface area (Å²) in [6, 6.07) is 13.3. The largest absolute Gasteiger partial charge is 0.464 e. The Morgan fingerprint density at radius 3 is 2.02 bits per heavy atom. The number of nitrogens with zero attached hydrogens (tertiary/aromatic N) is 4. The van der Waals surface area contributed by atoms with E-state index in [0.717, 1.165) is 51.9 Å². The number of hydrogen-bond acceptors (Lipinski definition) is 9. The Morgan fingerprint density at radius 1 is 0.778 bits per heavy atom. The van der Waals surface area contributed by atoms with Crippen molar-refractivity contribution in [1.29, 1.82) is 0 Å². The van der Waals surface area contributed by atoms with Crippen molar-refractivity contribution in [3.63, 3.8) is 0 Å². The monoisotopic (exact) mass is 740 g/mol. The van der Waals surface area contributed by atoms with E-state index in [9.17, 15) is 19.2 Å². The fourth-order valence-electron chi connectivity index (χ4n) is 6.21. The summed E-state index contributed by atoms with van der Waals surface area (Å²) in [5.41, 5.74) is 6.00. The standard InChI is InChI=1S/C39H48N8O7/c1-7-16-46(34(48)21-42-38(50)52-5)22-32-40-19-30(43-32)26-11-9-25(10-12-26)27-13-14-29(36-28(27)15-18-54-36)31-20-41-33(44-31)23-47(17-8-2)37(49)35(24(3)4)45-39(51)53-6/h9-15,18-20,24,35H,7-8,16-17,21-23H2,1-6H3,(H,40,43)(H,41,44)(H,42,50)(H,45,51)/t35-/m0/s1. The lowest BCUT2D eigenvalue weighted by atomic mass is 9.97. The van der Waals surface area contributed by atoms with Crippen LogP contribution in [0.2, 0.25) is 0 Å². The van der Waals surface area contributed by atoms with E-state index in [1.165, 1.54) is 14.2 Å². The van der Waals surface area contributed by atoms with E-state index in [4.69, 9.17) is 9.15 Å². The fourth-order valence-corrected chi connectivity index (χ4v) is 6.21. The molecule has 54 heavy (non-hydrogen) atoms. The maximum Gasteiger partial charge on any atom is 0.407 e. The average Bonchev–Trinajstić information content (AvgIpc) is 3.97. The molecule has 0 aliphatic heterocycles. The summed E-state index contributed by atoms with van der Waals surface area (Å²) in [6.45, 7) is 9.10. The number of imidazole rings is 2. The molecule has 5 rings (SSSR count). The highest BCUT2D eigenvalue weighted by molar-refractivity contribution is 6.01. The van der Waals surface area contributed by atoms with E-state index in [-0.39, 0.29) is 37.4 Å². The molecule has 3 aromatic heterocycles. The molecule has 0 bridgehead atoms. The number of alkyl carbamates (subject to hydrolysis) is 2. The van der Waals surface area contributed by atoms with Gasteiger partial charge in [-0.15, -0.1) is 0 Å². The van der Waals surface area contributed by atoms with E-state index in [2.05, 4.69) is 35.3 Å². The molecular formula is C39H48N8O7. The maximum absolute atomic E-state index is 13.5. The molecule has 286 valence electrons. The number of ether oxygens (including phenoxy) is 2. The van der Waals surface area contributed by atoms with Crippen molar-refractivity contribution in [3.05, 3.63) is 72.8 Å². The van der Waals surface area contributed by atoms with Gasteiger partial charge in [-0.2, -0.15) is 0 Å². The topological polar surface area (TPSA) is 188 Å². The second kappa shape index (κ2) is 18.1. The lowest BCUT2D eigenvalue weighted by Crippen LogP contribution is -2.51. The van der Waals surface area contributed by atoms with E-state index in [1.807, 2.05) is 70.2 Å². The van der Waals surface area contributed by atoms with Crippen LogP contribution in [0, 0.1) is 5.92 Å². The van der Waals surface area contributed by atoms with E-state index in [1.54, 1.807) is 28.5 Å². The van der Waals surface area contributed by atoms with Crippen LogP contribution in [0.15, 0.2) is 65.5 Å². The molecule has 15 nitrogen and oxygen atoms in total. The van der Waals surface area contributed by atoms with Gasteiger partial charge in [-0.05, 0) is 47.6 Å². The predicted molar refractivity (Wildman–Crippen MR) is 203 cm³/mol. The molecule has 3 heterocycles. The van der Waals surface area contributed by atoms with Crippen LogP contribution >= 0.6 is 0 Å². The SMILES string of the molecule is CCCN(Cc1ncc(-c2ccc(-c3ccc(-c4cnc(CN(CCC)C(=O)[C@@H](NC(=O)OC)C(C)C)[nH]4)c4occc34)cc2)[nH]1)C(=O)CNC(=O)OC. The molecule has 0 saturated carbocycles. The second-order valence-electron chi connectivity index (χ2n) is 13.2. The number of carbonyl (C=O) groups is 4. The van der Waals surface area contributed by atoms with Gasteiger partial charge in [0.1, 0.15) is 29.8 Å². The van der Waals surface area contributed by atoms with Crippen molar-refractivity contribution in [1.82, 2.24) is 40.4 Å². The highest BCUT2D eigenvalue weighted by Gasteiger charge is 2.29. The van der Waals surface area contributed by atoms with Gasteiger partial charge in [0, 0.05) is 24.0 Å². The van der Waals surface area contributed by atoms with Gasteiger partial charge < -0.3 is 44.3 Å². The van der Waals surface area contributed by atoms with Gasteiger partial charge in [-0.3, -0.25) is 9.59 Å². The third-order valence-corrected chi connectivity index (χ3v) is 8.96. The molecule has 0 unspecified atom stereocenters. The zero-order chi connectivity index (χ0) is 38.8. The van der Waals surface area contributed by atoms with Gasteiger partial charge in [0.25, 0.3) is 0 Å². The summed E-state index contributed by atoms with van der Waals surface area (Å²) in [6.07, 6.45) is 5.32. The van der Waals surface area contributed by atoms with Crippen LogP contribution in [0.25, 0.3) is 44.6 Å². The number of nitrogens with one attached hydrogen (secondary N) is 4. The van der Waals surface area contributed by atoms with E-state index < -0.39 is 18.2 Å². The van der Waals surface area contributed by atoms with Crippen LogP contribution in [-0.2, 0) is 32.2 Å². The Kier molecular flexibility index (Phi) is 13.1. The summed E-state index contributed by atoms with van der Waals surface area (Å²) < 4.78 is 15.3. The van der Waals surface area contributed by atoms with Crippen molar-refractivity contribution >= 4 is 35.0 Å². The molecule has 1 atom stereocenters. The number of carbonyl (C=O) groups excluding carboxylic acids is 4. The lowest BCUT2D eigenvalue weighted by molar-refractivity contribution is -0.135. The number of H-pyrrole nitrogens is 2. The molecule has 15 heteroatoms. The minimum absolute atomic E-state index is 0.140. The Morgan fingerprint density at radius 2 is 1.37 bits per heavy atom. The maximum atomic E-state index is 13.5. The molecule has 4 N–H and O–H groups in total. The number of furan rings is 1. The highest BCUT2D eigenvalue weighted by Crippen LogP contribution is 2.36. The van der Waals surface area contributed by atoms with Gasteiger partial charge in [-0.1, -0.05) is 58.0 Å². The molecule has 0 aliphatic rings. The Labute approximate surface area is 313 Å². The Hall–Kier alpha value is -6.12. The van der Waals surface area contributed by atoms with Crippen molar-refractivity contribution in [2.45, 2.75) is 59.7 Å². The number of aromatic amines is 2. The molecule has 5 aromatic rings. The van der Waals surface area contributed by atoms with Crippen LogP contribution in [0.4, 0.5) is 9.59 Å². The van der Waals surface area contributed by atoms with Crippen LogP contribution in [0.1, 0.15) is 52.2 Å². The molecule has 0 radical (unpaired) electrons. The highest BCUT2D eigenvalue weighted by atomic mass is 16.5. The Balaban J connectivity index is 1.30. The van der Waals surface area contributed by atoms with Crippen molar-refractivity contribution < 1.29 is 33.1 Å². The molecule has 4 amide bonds. The number of hydrogen-bond donors (Lipinski definition) is 4. The predicted octanol–water partition coefficient (Wildman–Crippen LogP) is 6.09. The molecule has 0 aliphatic carbocycles. The van der Waals surface area contributed by atoms with Crippen molar-refractivity contribution in [2.24, 2.45) is 5.92 Å². The van der Waals surface area contributed by atoms with Crippen molar-refractivity contribution in [3.8, 4) is 33.6 Å². The zero-order valence-corrected chi connectivity index (χ0v) is 31.5. The lowest BCUT2D eigenvalue weighted by Gasteiger charge is -2.28. The number of rotatable bonds is 16. The summed E-state index contributed by atoms with van der Waals surface area (Å²) in [7, 11) is 2.52. The van der Waals surface area contributed by atoms with Gasteiger partial charge in [0.15, 0.2) is 0 Å². The first-order chi connectivity index (χ1) is 26.1. The molecular weight excluding hydrogens is 692 g/mol. The summed E-state index contributed by atoms with van der Waals surface area (Å²) in [5.74, 6) is 0.661. The third kappa shape index (κ3) is 9.26. The van der Waals surface area contributed by atoms with Crippen LogP contribution in [-0.4, -0.2) is 93.6 Å². The number of benzene rings is 2. The fraction of sp³-hybridized carbons (Fsp3) is 0.385. The normalized spacial score (nSPS) is 11.7. The number of amides is 4. The number of fused-ring (bicyclic) bond motifs is 1. The van der Waals surface area contributed by atoms with Gasteiger partial charge in [-0.25, -0.2) is 19.6 Å². The molecule has 0 fully saturated rings. The molecule has 0 spiro atoms. The minimum Gasteiger partial charge on any atom is -0.464 e. The quantitative estimate of drug-likeness (QED) is 0.0928. The number of aromatic nitrogens is 4. The number of methoxy groups -OCH3 is 2. The first-order valence-electron chi connectivity index (χ1n) is 18.0. The first-order valence-corrected chi connectivity index (χ1v) is 18.0. The van der Waals surface area contributed by atoms with Gasteiger partial charge in [0.2, 0.25) is 11.8 Å². The Bertz CT molecular complexity index is 2050. The molecule has 0 saturated heterocycles. The van der Waals surface area contributed by atoms with Crippen LogP contribution in [0.5, 0.6) is 0 Å². The smallest absolute Gasteiger partial charge is 0.407 e. The average molecular weight is 741 g/mol. The van der Waals surface area contributed by atoms with Crippen LogP contribution in [0.3, 0.4) is 0 Å². The summed E-state index contributed by atoms with van der Waals surface area (Å²) in [4.78, 5) is 68.7. The second-order valence-corrected chi connectivity index (χ2v) is 13.2. The zero-order valence-electron chi connectivity index (χ0n) is 31.5. The van der Waals surface area contributed by atoms with E-state index in [0.29, 0.717) is 30.3 Å².